The molecular formula is C15H19ClO4. The zero-order valence-corrected chi connectivity index (χ0v) is 12.5. The minimum absolute atomic E-state index is 0.0160. The summed E-state index contributed by atoms with van der Waals surface area (Å²) in [4.78, 5) is 12.3. The number of carbonyl (C=O) groups is 1. The number of halogens is 1. The summed E-state index contributed by atoms with van der Waals surface area (Å²) in [6.07, 6.45) is 0.361. The van der Waals surface area contributed by atoms with Crippen LogP contribution in [0.1, 0.15) is 20.3 Å². The van der Waals surface area contributed by atoms with Gasteiger partial charge >= 0.3 is 0 Å². The Balaban J connectivity index is 1.91. The first-order chi connectivity index (χ1) is 9.50. The molecule has 0 aromatic heterocycles. The van der Waals surface area contributed by atoms with Crippen LogP contribution in [0, 0.1) is 5.41 Å². The molecular weight excluding hydrogens is 280 g/mol. The van der Waals surface area contributed by atoms with Gasteiger partial charge in [0.25, 0.3) is 0 Å². The highest BCUT2D eigenvalue weighted by molar-refractivity contribution is 6.30. The van der Waals surface area contributed by atoms with E-state index >= 15 is 0 Å². The highest BCUT2D eigenvalue weighted by atomic mass is 35.5. The van der Waals surface area contributed by atoms with E-state index in [1.54, 1.807) is 24.3 Å². The van der Waals surface area contributed by atoms with Crippen LogP contribution in [0.5, 0.6) is 5.75 Å². The minimum Gasteiger partial charge on any atom is -0.486 e. The molecule has 0 aliphatic carbocycles. The third kappa shape index (κ3) is 3.72. The molecule has 110 valence electrons. The predicted octanol–water partition coefficient (Wildman–Crippen LogP) is 3.08. The largest absolute Gasteiger partial charge is 0.486 e. The molecule has 4 nitrogen and oxygen atoms in total. The van der Waals surface area contributed by atoms with Gasteiger partial charge in [0.05, 0.1) is 18.6 Å². The molecule has 0 unspecified atom stereocenters. The fraction of sp³-hybridized carbons (Fsp3) is 0.533. The quantitative estimate of drug-likeness (QED) is 0.838. The Hall–Kier alpha value is -1.10. The molecule has 0 atom stereocenters. The summed E-state index contributed by atoms with van der Waals surface area (Å²) in [5.41, 5.74) is -0.729. The Kier molecular flexibility index (Phi) is 5.02. The van der Waals surface area contributed by atoms with Crippen molar-refractivity contribution in [3.63, 3.8) is 0 Å². The van der Waals surface area contributed by atoms with Crippen LogP contribution in [0.3, 0.4) is 0 Å². The van der Waals surface area contributed by atoms with Crippen LogP contribution in [0.15, 0.2) is 24.3 Å². The molecule has 0 bridgehead atoms. The molecule has 1 aliphatic heterocycles. The van der Waals surface area contributed by atoms with Gasteiger partial charge in [-0.05, 0) is 44.5 Å². The van der Waals surface area contributed by atoms with Crippen molar-refractivity contribution in [2.45, 2.75) is 26.6 Å². The maximum Gasteiger partial charge on any atom is 0.180 e. The lowest BCUT2D eigenvalue weighted by Crippen LogP contribution is -2.45. The second-order valence-electron chi connectivity index (χ2n) is 5.31. The molecule has 0 amide bonds. The Labute approximate surface area is 124 Å². The van der Waals surface area contributed by atoms with E-state index in [2.05, 4.69) is 0 Å². The topological polar surface area (TPSA) is 44.8 Å². The Morgan fingerprint density at radius 1 is 1.30 bits per heavy atom. The van der Waals surface area contributed by atoms with E-state index in [0.717, 1.165) is 6.42 Å². The summed E-state index contributed by atoms with van der Waals surface area (Å²) in [5.74, 6) is 0.559. The summed E-state index contributed by atoms with van der Waals surface area (Å²) < 4.78 is 16.5. The number of carbonyl (C=O) groups excluding carboxylic acids is 1. The second kappa shape index (κ2) is 6.57. The lowest BCUT2D eigenvalue weighted by molar-refractivity contribution is -0.226. The fourth-order valence-electron chi connectivity index (χ4n) is 1.90. The van der Waals surface area contributed by atoms with Crippen LogP contribution in [0.25, 0.3) is 0 Å². The molecule has 0 spiro atoms. The Morgan fingerprint density at radius 2 is 1.90 bits per heavy atom. The second-order valence-corrected chi connectivity index (χ2v) is 5.75. The number of rotatable bonds is 5. The number of Topliss-reactive ketones (excluding diaryl/α,β-unsaturated/α-hetero) is 1. The van der Waals surface area contributed by atoms with Gasteiger partial charge in [0.1, 0.15) is 12.4 Å². The zero-order valence-electron chi connectivity index (χ0n) is 11.7. The molecule has 1 aliphatic rings. The van der Waals surface area contributed by atoms with Crippen LogP contribution in [0.2, 0.25) is 5.02 Å². The molecule has 1 fully saturated rings. The minimum atomic E-state index is -0.729. The van der Waals surface area contributed by atoms with Gasteiger partial charge in [0, 0.05) is 5.02 Å². The lowest BCUT2D eigenvalue weighted by Gasteiger charge is -2.35. The maximum atomic E-state index is 12.3. The normalized spacial score (nSPS) is 16.9. The number of benzene rings is 1. The van der Waals surface area contributed by atoms with Gasteiger partial charge in [-0.3, -0.25) is 4.79 Å². The molecule has 5 heteroatoms. The van der Waals surface area contributed by atoms with E-state index in [1.165, 1.54) is 0 Å². The highest BCUT2D eigenvalue weighted by Gasteiger charge is 2.39. The van der Waals surface area contributed by atoms with Gasteiger partial charge < -0.3 is 14.2 Å². The maximum absolute atomic E-state index is 12.3. The van der Waals surface area contributed by atoms with Crippen LogP contribution in [-0.4, -0.2) is 31.9 Å². The number of ketones is 1. The monoisotopic (exact) mass is 298 g/mol. The van der Waals surface area contributed by atoms with Crippen molar-refractivity contribution >= 4 is 17.4 Å². The Bertz CT molecular complexity index is 449. The summed E-state index contributed by atoms with van der Waals surface area (Å²) in [6.45, 7) is 4.86. The predicted molar refractivity (Wildman–Crippen MR) is 76.0 cm³/mol. The zero-order chi connectivity index (χ0) is 14.6. The molecule has 0 N–H and O–H groups in total. The van der Waals surface area contributed by atoms with E-state index in [1.807, 2.05) is 13.8 Å². The van der Waals surface area contributed by atoms with Crippen LogP contribution in [-0.2, 0) is 14.3 Å². The summed E-state index contributed by atoms with van der Waals surface area (Å²) in [7, 11) is 0. The van der Waals surface area contributed by atoms with E-state index in [0.29, 0.717) is 24.0 Å². The summed E-state index contributed by atoms with van der Waals surface area (Å²) >= 11 is 5.79. The molecule has 1 aromatic carbocycles. The first-order valence-corrected chi connectivity index (χ1v) is 7.03. The van der Waals surface area contributed by atoms with E-state index < -0.39 is 11.7 Å². The van der Waals surface area contributed by atoms with E-state index in [4.69, 9.17) is 25.8 Å². The Morgan fingerprint density at radius 3 is 2.50 bits per heavy atom. The lowest BCUT2D eigenvalue weighted by atomic mass is 9.87. The van der Waals surface area contributed by atoms with Crippen molar-refractivity contribution in [3.05, 3.63) is 29.3 Å². The van der Waals surface area contributed by atoms with Crippen molar-refractivity contribution in [2.75, 3.05) is 19.8 Å². The standard InChI is InChI=1S/C15H19ClO4/c1-15(2,14-18-8-3-9-19-14)13(17)10-20-12-6-4-11(16)5-7-12/h4-7,14H,3,8-10H2,1-2H3. The summed E-state index contributed by atoms with van der Waals surface area (Å²) in [6, 6.07) is 6.91. The summed E-state index contributed by atoms with van der Waals surface area (Å²) in [5, 5.41) is 0.632. The third-order valence-corrected chi connectivity index (χ3v) is 3.57. The highest BCUT2D eigenvalue weighted by Crippen LogP contribution is 2.28. The van der Waals surface area contributed by atoms with E-state index in [9.17, 15) is 4.79 Å². The van der Waals surface area contributed by atoms with Crippen molar-refractivity contribution < 1.29 is 19.0 Å². The van der Waals surface area contributed by atoms with Crippen LogP contribution >= 0.6 is 11.6 Å². The van der Waals surface area contributed by atoms with Crippen LogP contribution in [0.4, 0.5) is 0 Å². The molecule has 2 rings (SSSR count). The van der Waals surface area contributed by atoms with Crippen LogP contribution < -0.4 is 4.74 Å². The van der Waals surface area contributed by atoms with Crippen molar-refractivity contribution in [2.24, 2.45) is 5.41 Å². The molecule has 1 aromatic rings. The number of hydrogen-bond acceptors (Lipinski definition) is 4. The molecule has 20 heavy (non-hydrogen) atoms. The van der Waals surface area contributed by atoms with Crippen molar-refractivity contribution in [3.8, 4) is 5.75 Å². The van der Waals surface area contributed by atoms with Gasteiger partial charge in [-0.2, -0.15) is 0 Å². The third-order valence-electron chi connectivity index (χ3n) is 3.32. The van der Waals surface area contributed by atoms with Crippen molar-refractivity contribution in [1.82, 2.24) is 0 Å². The number of ether oxygens (including phenoxy) is 3. The van der Waals surface area contributed by atoms with Gasteiger partial charge in [-0.25, -0.2) is 0 Å². The smallest absolute Gasteiger partial charge is 0.180 e. The van der Waals surface area contributed by atoms with Crippen molar-refractivity contribution in [1.29, 1.82) is 0 Å². The average Bonchev–Trinajstić information content (AvgIpc) is 2.47. The molecule has 1 saturated heterocycles. The molecule has 0 saturated carbocycles. The van der Waals surface area contributed by atoms with E-state index in [-0.39, 0.29) is 12.4 Å². The first-order valence-electron chi connectivity index (χ1n) is 6.65. The average molecular weight is 299 g/mol. The molecule has 0 radical (unpaired) electrons. The SMILES string of the molecule is CC(C)(C(=O)COc1ccc(Cl)cc1)C1OCCCO1. The van der Waals surface area contributed by atoms with Gasteiger partial charge in [-0.1, -0.05) is 11.6 Å². The van der Waals surface area contributed by atoms with Gasteiger partial charge in [-0.15, -0.1) is 0 Å². The molecule has 1 heterocycles. The van der Waals surface area contributed by atoms with Gasteiger partial charge in [0.15, 0.2) is 12.1 Å². The van der Waals surface area contributed by atoms with Gasteiger partial charge in [0.2, 0.25) is 0 Å². The first kappa shape index (κ1) is 15.3. The fourth-order valence-corrected chi connectivity index (χ4v) is 2.03. The number of hydrogen-bond donors (Lipinski definition) is 0.